The number of nitrogens with one attached hydrogen (secondary N) is 2. The molecule has 0 atom stereocenters. The number of carbonyl (C=O) groups excluding carboxylic acids is 2. The zero-order valence-corrected chi connectivity index (χ0v) is 11.2. The van der Waals surface area contributed by atoms with E-state index in [2.05, 4.69) is 17.2 Å². The number of rotatable bonds is 7. The van der Waals surface area contributed by atoms with Gasteiger partial charge in [-0.3, -0.25) is 9.59 Å². The van der Waals surface area contributed by atoms with Crippen LogP contribution < -0.4 is 15.4 Å². The molecule has 1 saturated carbocycles. The monoisotopic (exact) mass is 274 g/mol. The summed E-state index contributed by atoms with van der Waals surface area (Å²) in [4.78, 5) is 23.0. The highest BCUT2D eigenvalue weighted by molar-refractivity contribution is 5.94. The molecule has 5 heteroatoms. The minimum atomic E-state index is -0.211. The molecular weight excluding hydrogens is 256 g/mol. The van der Waals surface area contributed by atoms with Crippen LogP contribution in [0.3, 0.4) is 0 Å². The largest absolute Gasteiger partial charge is 0.484 e. The van der Waals surface area contributed by atoms with Gasteiger partial charge in [-0.2, -0.15) is 0 Å². The third kappa shape index (κ3) is 4.42. The summed E-state index contributed by atoms with van der Waals surface area (Å²) in [5, 5.41) is 5.45. The quantitative estimate of drug-likeness (QED) is 0.744. The zero-order valence-electron chi connectivity index (χ0n) is 11.2. The molecule has 5 nitrogen and oxygen atoms in total. The molecule has 106 valence electrons. The molecule has 0 spiro atoms. The number of amides is 2. The van der Waals surface area contributed by atoms with Crippen LogP contribution in [-0.2, 0) is 9.59 Å². The van der Waals surface area contributed by atoms with E-state index < -0.39 is 0 Å². The fourth-order valence-electron chi connectivity index (χ4n) is 1.64. The second-order valence-electron chi connectivity index (χ2n) is 4.67. The van der Waals surface area contributed by atoms with E-state index in [1.165, 1.54) is 0 Å². The van der Waals surface area contributed by atoms with Crippen molar-refractivity contribution in [2.45, 2.75) is 12.8 Å². The lowest BCUT2D eigenvalue weighted by molar-refractivity contribution is -0.123. The van der Waals surface area contributed by atoms with Crippen molar-refractivity contribution in [1.29, 1.82) is 0 Å². The first-order valence-electron chi connectivity index (χ1n) is 6.60. The molecule has 0 aliphatic heterocycles. The van der Waals surface area contributed by atoms with Gasteiger partial charge in [0.25, 0.3) is 5.91 Å². The van der Waals surface area contributed by atoms with E-state index in [4.69, 9.17) is 4.74 Å². The van der Waals surface area contributed by atoms with Crippen LogP contribution in [0.2, 0.25) is 0 Å². The zero-order chi connectivity index (χ0) is 14.4. The number of benzene rings is 1. The summed E-state index contributed by atoms with van der Waals surface area (Å²) < 4.78 is 5.37. The van der Waals surface area contributed by atoms with E-state index in [1.807, 2.05) is 0 Å². The lowest BCUT2D eigenvalue weighted by atomic mass is 10.3. The van der Waals surface area contributed by atoms with Crippen molar-refractivity contribution in [3.05, 3.63) is 36.9 Å². The average molecular weight is 274 g/mol. The SMILES string of the molecule is C=CCNC(=O)COc1cccc(NC(=O)C2CC2)c1. The summed E-state index contributed by atoms with van der Waals surface area (Å²) in [6.07, 6.45) is 3.53. The van der Waals surface area contributed by atoms with Gasteiger partial charge in [0.15, 0.2) is 6.61 Å². The van der Waals surface area contributed by atoms with Crippen molar-refractivity contribution in [3.63, 3.8) is 0 Å². The van der Waals surface area contributed by atoms with E-state index in [-0.39, 0.29) is 24.3 Å². The van der Waals surface area contributed by atoms with Gasteiger partial charge < -0.3 is 15.4 Å². The maximum Gasteiger partial charge on any atom is 0.258 e. The molecule has 0 radical (unpaired) electrons. The van der Waals surface area contributed by atoms with Crippen LogP contribution in [0.25, 0.3) is 0 Å². The Morgan fingerprint density at radius 2 is 2.20 bits per heavy atom. The van der Waals surface area contributed by atoms with Crippen LogP contribution in [0.15, 0.2) is 36.9 Å². The molecule has 1 aromatic rings. The fourth-order valence-corrected chi connectivity index (χ4v) is 1.64. The number of ether oxygens (including phenoxy) is 1. The average Bonchev–Trinajstić information content (AvgIpc) is 3.28. The lowest BCUT2D eigenvalue weighted by Gasteiger charge is -2.09. The molecule has 0 aromatic heterocycles. The number of anilines is 1. The molecule has 0 bridgehead atoms. The lowest BCUT2D eigenvalue weighted by Crippen LogP contribution is -2.28. The van der Waals surface area contributed by atoms with Crippen molar-refractivity contribution >= 4 is 17.5 Å². The Labute approximate surface area is 118 Å². The summed E-state index contributed by atoms with van der Waals surface area (Å²) in [5.74, 6) is 0.541. The van der Waals surface area contributed by atoms with E-state index in [9.17, 15) is 9.59 Å². The maximum absolute atomic E-state index is 11.6. The van der Waals surface area contributed by atoms with Crippen LogP contribution >= 0.6 is 0 Å². The Hall–Kier alpha value is -2.30. The summed E-state index contributed by atoms with van der Waals surface area (Å²) in [6.45, 7) is 3.87. The van der Waals surface area contributed by atoms with Gasteiger partial charge >= 0.3 is 0 Å². The van der Waals surface area contributed by atoms with Gasteiger partial charge in [-0.25, -0.2) is 0 Å². The molecule has 0 unspecified atom stereocenters. The van der Waals surface area contributed by atoms with Gasteiger partial charge in [0.05, 0.1) is 0 Å². The highest BCUT2D eigenvalue weighted by atomic mass is 16.5. The first-order valence-corrected chi connectivity index (χ1v) is 6.60. The van der Waals surface area contributed by atoms with E-state index in [0.717, 1.165) is 12.8 Å². The van der Waals surface area contributed by atoms with Crippen LogP contribution in [0.5, 0.6) is 5.75 Å². The topological polar surface area (TPSA) is 67.4 Å². The minimum absolute atomic E-state index is 0.0471. The van der Waals surface area contributed by atoms with Gasteiger partial charge in [0, 0.05) is 24.2 Å². The minimum Gasteiger partial charge on any atom is -0.484 e. The van der Waals surface area contributed by atoms with E-state index in [0.29, 0.717) is 18.0 Å². The highest BCUT2D eigenvalue weighted by Gasteiger charge is 2.29. The third-order valence-corrected chi connectivity index (χ3v) is 2.86. The Kier molecular flexibility index (Phi) is 4.76. The van der Waals surface area contributed by atoms with Gasteiger partial charge in [0.1, 0.15) is 5.75 Å². The molecular formula is C15H18N2O3. The fraction of sp³-hybridized carbons (Fsp3) is 0.333. The van der Waals surface area contributed by atoms with Gasteiger partial charge in [-0.05, 0) is 25.0 Å². The predicted octanol–water partition coefficient (Wildman–Crippen LogP) is 1.72. The second-order valence-corrected chi connectivity index (χ2v) is 4.67. The van der Waals surface area contributed by atoms with Gasteiger partial charge in [-0.1, -0.05) is 12.1 Å². The van der Waals surface area contributed by atoms with E-state index in [1.54, 1.807) is 30.3 Å². The smallest absolute Gasteiger partial charge is 0.258 e. The van der Waals surface area contributed by atoms with Crippen LogP contribution in [-0.4, -0.2) is 25.0 Å². The molecule has 2 amide bonds. The Morgan fingerprint density at radius 1 is 1.40 bits per heavy atom. The maximum atomic E-state index is 11.6. The normalized spacial score (nSPS) is 13.4. The van der Waals surface area contributed by atoms with Gasteiger partial charge in [0.2, 0.25) is 5.91 Å². The summed E-state index contributed by atoms with van der Waals surface area (Å²) in [6, 6.07) is 7.03. The van der Waals surface area contributed by atoms with Crippen molar-refractivity contribution in [2.75, 3.05) is 18.5 Å². The molecule has 1 aromatic carbocycles. The first kappa shape index (κ1) is 14.1. The summed E-state index contributed by atoms with van der Waals surface area (Å²) >= 11 is 0. The van der Waals surface area contributed by atoms with Crippen molar-refractivity contribution in [3.8, 4) is 5.75 Å². The Morgan fingerprint density at radius 3 is 2.90 bits per heavy atom. The highest BCUT2D eigenvalue weighted by Crippen LogP contribution is 2.30. The molecule has 1 fully saturated rings. The summed E-state index contributed by atoms with van der Waals surface area (Å²) in [5.41, 5.74) is 0.686. The Bertz CT molecular complexity index is 510. The van der Waals surface area contributed by atoms with Crippen LogP contribution in [0.4, 0.5) is 5.69 Å². The molecule has 1 aliphatic rings. The number of hydrogen-bond donors (Lipinski definition) is 2. The molecule has 0 saturated heterocycles. The van der Waals surface area contributed by atoms with Gasteiger partial charge in [-0.15, -0.1) is 6.58 Å². The Balaban J connectivity index is 1.83. The van der Waals surface area contributed by atoms with Crippen LogP contribution in [0.1, 0.15) is 12.8 Å². The molecule has 1 aliphatic carbocycles. The standard InChI is InChI=1S/C15H18N2O3/c1-2-8-16-14(18)10-20-13-5-3-4-12(9-13)17-15(19)11-6-7-11/h2-5,9,11H,1,6-8,10H2,(H,16,18)(H,17,19). The molecule has 2 N–H and O–H groups in total. The van der Waals surface area contributed by atoms with Crippen LogP contribution in [0, 0.1) is 5.92 Å². The molecule has 0 heterocycles. The van der Waals surface area contributed by atoms with Crippen molar-refractivity contribution < 1.29 is 14.3 Å². The van der Waals surface area contributed by atoms with Crippen molar-refractivity contribution in [1.82, 2.24) is 5.32 Å². The third-order valence-electron chi connectivity index (χ3n) is 2.86. The molecule has 20 heavy (non-hydrogen) atoms. The van der Waals surface area contributed by atoms with Crippen molar-refractivity contribution in [2.24, 2.45) is 5.92 Å². The second kappa shape index (κ2) is 6.75. The summed E-state index contributed by atoms with van der Waals surface area (Å²) in [7, 11) is 0. The number of hydrogen-bond acceptors (Lipinski definition) is 3. The first-order chi connectivity index (χ1) is 9.69. The molecule has 2 rings (SSSR count). The number of carbonyl (C=O) groups is 2. The van der Waals surface area contributed by atoms with E-state index >= 15 is 0 Å². The predicted molar refractivity (Wildman–Crippen MR) is 76.5 cm³/mol.